The van der Waals surface area contributed by atoms with E-state index < -0.39 is 9.84 Å². The Kier molecular flexibility index (Phi) is 4.70. The zero-order valence-corrected chi connectivity index (χ0v) is 16.5. The fraction of sp³-hybridized carbons (Fsp3) is 0.333. The van der Waals surface area contributed by atoms with Gasteiger partial charge in [0, 0.05) is 22.6 Å². The molecule has 1 fully saturated rings. The van der Waals surface area contributed by atoms with E-state index in [1.807, 2.05) is 37.3 Å². The van der Waals surface area contributed by atoms with E-state index in [1.165, 1.54) is 0 Å². The van der Waals surface area contributed by atoms with Gasteiger partial charge in [0.2, 0.25) is 9.84 Å². The number of rotatable bonds is 4. The van der Waals surface area contributed by atoms with Gasteiger partial charge in [-0.25, -0.2) is 8.42 Å². The molecule has 142 valence electrons. The lowest BCUT2D eigenvalue weighted by molar-refractivity contribution is 0.264. The Balaban J connectivity index is 1.64. The van der Waals surface area contributed by atoms with Crippen molar-refractivity contribution in [2.24, 2.45) is 0 Å². The maximum absolute atomic E-state index is 13.1. The summed E-state index contributed by atoms with van der Waals surface area (Å²) in [5, 5.41) is 4.69. The molecule has 3 aromatic rings. The Bertz CT molecular complexity index is 1030. The van der Waals surface area contributed by atoms with E-state index >= 15 is 0 Å². The summed E-state index contributed by atoms with van der Waals surface area (Å²) in [5.41, 5.74) is 2.79. The third kappa shape index (κ3) is 3.59. The van der Waals surface area contributed by atoms with Crippen molar-refractivity contribution in [2.45, 2.75) is 35.7 Å². The number of nitrogens with one attached hydrogen (secondary N) is 2. The standard InChI is InChI=1S/C21H25N3O2S/c1-15-7-8-18(14-20(15)22-17-9-11-24(2)12-10-17)27(25,26)21-13-16-5-3-4-6-19(16)23-21/h3-8,13-14,17,22-23H,9-12H2,1-2H3. The molecule has 27 heavy (non-hydrogen) atoms. The summed E-state index contributed by atoms with van der Waals surface area (Å²) in [7, 11) is -1.46. The minimum absolute atomic E-state index is 0.234. The molecule has 0 saturated carbocycles. The van der Waals surface area contributed by atoms with Crippen LogP contribution in [0.1, 0.15) is 18.4 Å². The van der Waals surface area contributed by atoms with Gasteiger partial charge in [-0.1, -0.05) is 24.3 Å². The lowest BCUT2D eigenvalue weighted by atomic mass is 10.0. The first-order valence-electron chi connectivity index (χ1n) is 9.32. The summed E-state index contributed by atoms with van der Waals surface area (Å²) in [6, 6.07) is 15.0. The molecule has 2 heterocycles. The smallest absolute Gasteiger partial charge is 0.221 e. The zero-order valence-electron chi connectivity index (χ0n) is 15.7. The fourth-order valence-electron chi connectivity index (χ4n) is 3.62. The molecule has 1 aromatic heterocycles. The van der Waals surface area contributed by atoms with Gasteiger partial charge in [0.1, 0.15) is 5.03 Å². The second kappa shape index (κ2) is 7.02. The first-order chi connectivity index (χ1) is 12.9. The summed E-state index contributed by atoms with van der Waals surface area (Å²) in [4.78, 5) is 5.68. The van der Waals surface area contributed by atoms with Crippen molar-refractivity contribution < 1.29 is 8.42 Å². The van der Waals surface area contributed by atoms with Gasteiger partial charge in [-0.15, -0.1) is 0 Å². The van der Waals surface area contributed by atoms with Crippen LogP contribution in [0.2, 0.25) is 0 Å². The molecule has 0 radical (unpaired) electrons. The molecule has 0 amide bonds. The van der Waals surface area contributed by atoms with Crippen LogP contribution in [0.25, 0.3) is 10.9 Å². The molecule has 6 heteroatoms. The average molecular weight is 384 g/mol. The van der Waals surface area contributed by atoms with Crippen LogP contribution in [0.5, 0.6) is 0 Å². The van der Waals surface area contributed by atoms with Crippen molar-refractivity contribution in [3.05, 3.63) is 54.1 Å². The summed E-state index contributed by atoms with van der Waals surface area (Å²) in [5.74, 6) is 0. The zero-order chi connectivity index (χ0) is 19.0. The highest BCUT2D eigenvalue weighted by Gasteiger charge is 2.22. The van der Waals surface area contributed by atoms with Gasteiger partial charge in [0.15, 0.2) is 0 Å². The van der Waals surface area contributed by atoms with Crippen LogP contribution in [-0.2, 0) is 9.84 Å². The van der Waals surface area contributed by atoms with Crippen molar-refractivity contribution in [3.63, 3.8) is 0 Å². The summed E-state index contributed by atoms with van der Waals surface area (Å²) in [6.07, 6.45) is 2.13. The van der Waals surface area contributed by atoms with Crippen molar-refractivity contribution in [1.82, 2.24) is 9.88 Å². The predicted octanol–water partition coefficient (Wildman–Crippen LogP) is 3.82. The van der Waals surface area contributed by atoms with Crippen molar-refractivity contribution in [3.8, 4) is 0 Å². The van der Waals surface area contributed by atoms with E-state index in [4.69, 9.17) is 0 Å². The Morgan fingerprint density at radius 1 is 1.07 bits per heavy atom. The average Bonchev–Trinajstić information content (AvgIpc) is 3.10. The Labute approximate surface area is 160 Å². The number of hydrogen-bond acceptors (Lipinski definition) is 4. The third-order valence-electron chi connectivity index (χ3n) is 5.39. The number of para-hydroxylation sites is 1. The number of nitrogens with zero attached hydrogens (tertiary/aromatic N) is 1. The SMILES string of the molecule is Cc1ccc(S(=O)(=O)c2cc3ccccc3[nH]2)cc1NC1CCN(C)CC1. The summed E-state index contributed by atoms with van der Waals surface area (Å²) >= 11 is 0. The molecule has 0 bridgehead atoms. The van der Waals surface area contributed by atoms with Gasteiger partial charge in [0.05, 0.1) is 4.90 Å². The van der Waals surface area contributed by atoms with Crippen molar-refractivity contribution >= 4 is 26.4 Å². The number of anilines is 1. The molecule has 0 spiro atoms. The second-order valence-corrected chi connectivity index (χ2v) is 9.34. The van der Waals surface area contributed by atoms with Gasteiger partial charge in [-0.2, -0.15) is 0 Å². The number of aryl methyl sites for hydroxylation is 1. The molecular formula is C21H25N3O2S. The normalized spacial score (nSPS) is 16.7. The molecular weight excluding hydrogens is 358 g/mol. The van der Waals surface area contributed by atoms with Gasteiger partial charge < -0.3 is 15.2 Å². The lowest BCUT2D eigenvalue weighted by Crippen LogP contribution is -2.36. The van der Waals surface area contributed by atoms with E-state index in [1.54, 1.807) is 18.2 Å². The number of fused-ring (bicyclic) bond motifs is 1. The van der Waals surface area contributed by atoms with Crippen LogP contribution in [0.4, 0.5) is 5.69 Å². The number of H-pyrrole nitrogens is 1. The van der Waals surface area contributed by atoms with Crippen LogP contribution < -0.4 is 5.32 Å². The van der Waals surface area contributed by atoms with Crippen LogP contribution in [0.15, 0.2) is 58.5 Å². The molecule has 1 aliphatic rings. The lowest BCUT2D eigenvalue weighted by Gasteiger charge is -2.30. The number of hydrogen-bond donors (Lipinski definition) is 2. The Morgan fingerprint density at radius 3 is 2.56 bits per heavy atom. The molecule has 1 aliphatic heterocycles. The molecule has 2 N–H and O–H groups in total. The summed E-state index contributed by atoms with van der Waals surface area (Å²) < 4.78 is 26.3. The molecule has 0 aliphatic carbocycles. The van der Waals surface area contributed by atoms with Crippen LogP contribution in [-0.4, -0.2) is 44.5 Å². The maximum atomic E-state index is 13.1. The van der Waals surface area contributed by atoms with E-state index in [2.05, 4.69) is 22.2 Å². The molecule has 0 atom stereocenters. The number of sulfone groups is 1. The van der Waals surface area contributed by atoms with Crippen LogP contribution in [0, 0.1) is 6.92 Å². The molecule has 5 nitrogen and oxygen atoms in total. The number of aromatic amines is 1. The van der Waals surface area contributed by atoms with E-state index in [9.17, 15) is 8.42 Å². The maximum Gasteiger partial charge on any atom is 0.221 e. The number of piperidine rings is 1. The van der Waals surface area contributed by atoms with E-state index in [0.29, 0.717) is 10.9 Å². The van der Waals surface area contributed by atoms with Gasteiger partial charge in [-0.3, -0.25) is 0 Å². The second-order valence-electron chi connectivity index (χ2n) is 7.42. The molecule has 0 unspecified atom stereocenters. The van der Waals surface area contributed by atoms with Crippen molar-refractivity contribution in [2.75, 3.05) is 25.5 Å². The Morgan fingerprint density at radius 2 is 1.81 bits per heavy atom. The van der Waals surface area contributed by atoms with Crippen LogP contribution >= 0.6 is 0 Å². The van der Waals surface area contributed by atoms with Crippen molar-refractivity contribution in [1.29, 1.82) is 0 Å². The quantitative estimate of drug-likeness (QED) is 0.719. The van der Waals surface area contributed by atoms with E-state index in [0.717, 1.165) is 48.1 Å². The summed E-state index contributed by atoms with van der Waals surface area (Å²) in [6.45, 7) is 4.13. The Hall–Kier alpha value is -2.31. The monoisotopic (exact) mass is 383 g/mol. The number of likely N-dealkylation sites (tertiary alicyclic amines) is 1. The number of benzene rings is 2. The highest BCUT2D eigenvalue weighted by Crippen LogP contribution is 2.28. The molecule has 2 aromatic carbocycles. The largest absolute Gasteiger partial charge is 0.382 e. The highest BCUT2D eigenvalue weighted by molar-refractivity contribution is 7.91. The third-order valence-corrected chi connectivity index (χ3v) is 7.07. The first-order valence-corrected chi connectivity index (χ1v) is 10.8. The number of aromatic nitrogens is 1. The van der Waals surface area contributed by atoms with Gasteiger partial charge in [-0.05, 0) is 69.7 Å². The topological polar surface area (TPSA) is 65.2 Å². The van der Waals surface area contributed by atoms with Gasteiger partial charge in [0.25, 0.3) is 0 Å². The highest BCUT2D eigenvalue weighted by atomic mass is 32.2. The van der Waals surface area contributed by atoms with Gasteiger partial charge >= 0.3 is 0 Å². The first kappa shape index (κ1) is 18.1. The minimum atomic E-state index is -3.59. The molecule has 4 rings (SSSR count). The van der Waals surface area contributed by atoms with Crippen LogP contribution in [0.3, 0.4) is 0 Å². The predicted molar refractivity (Wildman–Crippen MR) is 109 cm³/mol. The fourth-order valence-corrected chi connectivity index (χ4v) is 4.92. The minimum Gasteiger partial charge on any atom is -0.382 e. The molecule has 1 saturated heterocycles. The van der Waals surface area contributed by atoms with E-state index in [-0.39, 0.29) is 5.03 Å².